The van der Waals surface area contributed by atoms with Gasteiger partial charge < -0.3 is 14.7 Å². The molecule has 100 valence electrons. The Bertz CT molecular complexity index is 585. The zero-order valence-electron chi connectivity index (χ0n) is 11.0. The summed E-state index contributed by atoms with van der Waals surface area (Å²) in [5.41, 5.74) is 2.79. The van der Waals surface area contributed by atoms with Crippen molar-refractivity contribution in [2.45, 2.75) is 19.6 Å². The largest absolute Gasteiger partial charge is 0.390 e. The third-order valence-corrected chi connectivity index (χ3v) is 3.59. The van der Waals surface area contributed by atoms with Gasteiger partial charge >= 0.3 is 0 Å². The Morgan fingerprint density at radius 1 is 1.42 bits per heavy atom. The quantitative estimate of drug-likeness (QED) is 0.894. The van der Waals surface area contributed by atoms with Crippen LogP contribution in [-0.2, 0) is 11.3 Å². The zero-order chi connectivity index (χ0) is 13.2. The molecular weight excluding hydrogens is 240 g/mol. The van der Waals surface area contributed by atoms with Crippen molar-refractivity contribution in [3.8, 4) is 0 Å². The number of aromatic nitrogens is 1. The second kappa shape index (κ2) is 5.15. The summed E-state index contributed by atoms with van der Waals surface area (Å²) < 4.78 is 5.50. The fraction of sp³-hybridized carbons (Fsp3) is 0.400. The predicted octanol–water partition coefficient (Wildman–Crippen LogP) is 1.95. The average molecular weight is 258 g/mol. The van der Waals surface area contributed by atoms with Gasteiger partial charge in [-0.05, 0) is 19.1 Å². The summed E-state index contributed by atoms with van der Waals surface area (Å²) in [6.45, 7) is 4.49. The number of anilines is 1. The van der Waals surface area contributed by atoms with Gasteiger partial charge in [-0.25, -0.2) is 0 Å². The highest BCUT2D eigenvalue weighted by Crippen LogP contribution is 2.29. The summed E-state index contributed by atoms with van der Waals surface area (Å²) >= 11 is 0. The van der Waals surface area contributed by atoms with Gasteiger partial charge in [0.05, 0.1) is 31.0 Å². The molecule has 1 aliphatic rings. The van der Waals surface area contributed by atoms with Gasteiger partial charge in [0.15, 0.2) is 0 Å². The van der Waals surface area contributed by atoms with Gasteiger partial charge in [0.2, 0.25) is 0 Å². The summed E-state index contributed by atoms with van der Waals surface area (Å²) in [6, 6.07) is 10.4. The van der Waals surface area contributed by atoms with Gasteiger partial charge in [0, 0.05) is 23.7 Å². The molecule has 0 amide bonds. The van der Waals surface area contributed by atoms with Crippen LogP contribution in [0.1, 0.15) is 12.6 Å². The number of aliphatic hydroxyl groups is 1. The summed E-state index contributed by atoms with van der Waals surface area (Å²) in [5.74, 6) is 0. The highest BCUT2D eigenvalue weighted by atomic mass is 16.5. The lowest BCUT2D eigenvalue weighted by atomic mass is 10.1. The Labute approximate surface area is 112 Å². The molecule has 1 saturated heterocycles. The second-order valence-electron chi connectivity index (χ2n) is 4.93. The third kappa shape index (κ3) is 2.29. The van der Waals surface area contributed by atoms with Crippen LogP contribution in [0.2, 0.25) is 0 Å². The highest BCUT2D eigenvalue weighted by molar-refractivity contribution is 5.92. The SMILES string of the molecule is CC1COCCN1c1cc(CO)nc2ccccc12. The Morgan fingerprint density at radius 2 is 2.26 bits per heavy atom. The molecule has 4 nitrogen and oxygen atoms in total. The minimum Gasteiger partial charge on any atom is -0.390 e. The van der Waals surface area contributed by atoms with Crippen molar-refractivity contribution in [3.05, 3.63) is 36.0 Å². The van der Waals surface area contributed by atoms with Crippen molar-refractivity contribution in [2.75, 3.05) is 24.7 Å². The van der Waals surface area contributed by atoms with Crippen LogP contribution in [0.4, 0.5) is 5.69 Å². The summed E-state index contributed by atoms with van der Waals surface area (Å²) in [6.07, 6.45) is 0. The number of ether oxygens (including phenoxy) is 1. The smallest absolute Gasteiger partial charge is 0.0854 e. The highest BCUT2D eigenvalue weighted by Gasteiger charge is 2.21. The fourth-order valence-corrected chi connectivity index (χ4v) is 2.61. The average Bonchev–Trinajstić information content (AvgIpc) is 2.46. The van der Waals surface area contributed by atoms with Gasteiger partial charge in [-0.3, -0.25) is 4.98 Å². The first-order valence-corrected chi connectivity index (χ1v) is 6.63. The number of fused-ring (bicyclic) bond motifs is 1. The summed E-state index contributed by atoms with van der Waals surface area (Å²) in [4.78, 5) is 6.81. The molecule has 0 aliphatic carbocycles. The van der Waals surface area contributed by atoms with Gasteiger partial charge in [0.1, 0.15) is 0 Å². The number of aliphatic hydroxyl groups excluding tert-OH is 1. The van der Waals surface area contributed by atoms with Crippen molar-refractivity contribution in [2.24, 2.45) is 0 Å². The zero-order valence-corrected chi connectivity index (χ0v) is 11.0. The molecule has 3 rings (SSSR count). The van der Waals surface area contributed by atoms with Crippen molar-refractivity contribution >= 4 is 16.6 Å². The molecule has 0 saturated carbocycles. The Kier molecular flexibility index (Phi) is 3.36. The number of hydrogen-bond acceptors (Lipinski definition) is 4. The molecule has 0 spiro atoms. The van der Waals surface area contributed by atoms with Crippen LogP contribution in [0.5, 0.6) is 0 Å². The first kappa shape index (κ1) is 12.4. The molecule has 2 heterocycles. The molecule has 1 aliphatic heterocycles. The van der Waals surface area contributed by atoms with Crippen molar-refractivity contribution in [1.82, 2.24) is 4.98 Å². The van der Waals surface area contributed by atoms with E-state index in [4.69, 9.17) is 4.74 Å². The van der Waals surface area contributed by atoms with Crippen LogP contribution in [0.25, 0.3) is 10.9 Å². The molecule has 2 aromatic rings. The Morgan fingerprint density at radius 3 is 3.05 bits per heavy atom. The fourth-order valence-electron chi connectivity index (χ4n) is 2.61. The normalized spacial score (nSPS) is 19.9. The number of rotatable bonds is 2. The molecule has 1 aromatic heterocycles. The van der Waals surface area contributed by atoms with Crippen LogP contribution in [0, 0.1) is 0 Å². The number of benzene rings is 1. The minimum absolute atomic E-state index is 0.0312. The molecule has 0 bridgehead atoms. The van der Waals surface area contributed by atoms with E-state index in [1.54, 1.807) is 0 Å². The molecule has 1 aromatic carbocycles. The molecule has 1 fully saturated rings. The molecule has 1 N–H and O–H groups in total. The van der Waals surface area contributed by atoms with E-state index in [9.17, 15) is 5.11 Å². The first-order valence-electron chi connectivity index (χ1n) is 6.63. The third-order valence-electron chi connectivity index (χ3n) is 3.59. The maximum Gasteiger partial charge on any atom is 0.0854 e. The van der Waals surface area contributed by atoms with E-state index >= 15 is 0 Å². The van der Waals surface area contributed by atoms with Crippen LogP contribution in [0.3, 0.4) is 0 Å². The standard InChI is InChI=1S/C15H18N2O2/c1-11-10-19-7-6-17(11)15-8-12(9-18)16-14-5-3-2-4-13(14)15/h2-5,8,11,18H,6-7,9-10H2,1H3. The lowest BCUT2D eigenvalue weighted by molar-refractivity contribution is 0.0990. The Balaban J connectivity index is 2.14. The molecular formula is C15H18N2O2. The molecule has 4 heteroatoms. The maximum atomic E-state index is 9.38. The van der Waals surface area contributed by atoms with Crippen LogP contribution in [-0.4, -0.2) is 35.9 Å². The first-order chi connectivity index (χ1) is 9.29. The van der Waals surface area contributed by atoms with E-state index in [1.165, 1.54) is 0 Å². The summed E-state index contributed by atoms with van der Waals surface area (Å²) in [5, 5.41) is 10.5. The lowest BCUT2D eigenvalue weighted by Gasteiger charge is -2.36. The van der Waals surface area contributed by atoms with Crippen molar-refractivity contribution in [3.63, 3.8) is 0 Å². The predicted molar refractivity (Wildman–Crippen MR) is 75.3 cm³/mol. The minimum atomic E-state index is -0.0312. The maximum absolute atomic E-state index is 9.38. The number of pyridine rings is 1. The topological polar surface area (TPSA) is 45.6 Å². The van der Waals surface area contributed by atoms with Gasteiger partial charge in [0.25, 0.3) is 0 Å². The van der Waals surface area contributed by atoms with E-state index in [1.807, 2.05) is 24.3 Å². The number of morpholine rings is 1. The number of hydrogen-bond donors (Lipinski definition) is 1. The van der Waals surface area contributed by atoms with Crippen LogP contribution >= 0.6 is 0 Å². The van der Waals surface area contributed by atoms with Crippen molar-refractivity contribution in [1.29, 1.82) is 0 Å². The van der Waals surface area contributed by atoms with Crippen molar-refractivity contribution < 1.29 is 9.84 Å². The van der Waals surface area contributed by atoms with Crippen LogP contribution < -0.4 is 4.90 Å². The van der Waals surface area contributed by atoms with E-state index in [2.05, 4.69) is 22.9 Å². The molecule has 1 atom stereocenters. The van der Waals surface area contributed by atoms with Gasteiger partial charge in [-0.2, -0.15) is 0 Å². The second-order valence-corrected chi connectivity index (χ2v) is 4.93. The van der Waals surface area contributed by atoms with Gasteiger partial charge in [-0.15, -0.1) is 0 Å². The lowest BCUT2D eigenvalue weighted by Crippen LogP contribution is -2.43. The van der Waals surface area contributed by atoms with Crippen LogP contribution in [0.15, 0.2) is 30.3 Å². The van der Waals surface area contributed by atoms with Gasteiger partial charge in [-0.1, -0.05) is 18.2 Å². The van der Waals surface area contributed by atoms with E-state index in [-0.39, 0.29) is 6.61 Å². The monoisotopic (exact) mass is 258 g/mol. The molecule has 19 heavy (non-hydrogen) atoms. The molecule has 0 radical (unpaired) electrons. The number of nitrogens with zero attached hydrogens (tertiary/aromatic N) is 2. The van der Waals surface area contributed by atoms with E-state index in [0.29, 0.717) is 11.7 Å². The molecule has 1 unspecified atom stereocenters. The Hall–Kier alpha value is -1.65. The van der Waals surface area contributed by atoms with E-state index in [0.717, 1.165) is 36.3 Å². The van der Waals surface area contributed by atoms with E-state index < -0.39 is 0 Å². The summed E-state index contributed by atoms with van der Waals surface area (Å²) in [7, 11) is 0. The number of para-hydroxylation sites is 1.